The van der Waals surface area contributed by atoms with E-state index in [0.717, 1.165) is 0 Å². The van der Waals surface area contributed by atoms with E-state index >= 15 is 0 Å². The molecule has 0 N–H and O–H groups in total. The van der Waals surface area contributed by atoms with Crippen molar-refractivity contribution < 1.29 is 9.53 Å². The molecule has 160 valence electrons. The van der Waals surface area contributed by atoms with Crippen molar-refractivity contribution in [3.8, 4) is 11.4 Å². The zero-order valence-corrected chi connectivity index (χ0v) is 17.7. The number of ether oxygens (including phenoxy) is 1. The van der Waals surface area contributed by atoms with Gasteiger partial charge >= 0.3 is 5.97 Å². The van der Waals surface area contributed by atoms with E-state index in [4.69, 9.17) is 4.74 Å². The van der Waals surface area contributed by atoms with E-state index in [1.54, 1.807) is 36.4 Å². The summed E-state index contributed by atoms with van der Waals surface area (Å²) in [7, 11) is 0. The summed E-state index contributed by atoms with van der Waals surface area (Å²) in [5.41, 5.74) is 1.72. The molecule has 1 aromatic heterocycles. The highest BCUT2D eigenvalue weighted by Gasteiger charge is 2.20. The zero-order valence-electron chi connectivity index (χ0n) is 17.7. The minimum atomic E-state index is -0.587. The van der Waals surface area contributed by atoms with Crippen LogP contribution in [0.4, 0.5) is 0 Å². The molecule has 0 saturated heterocycles. The van der Waals surface area contributed by atoms with E-state index < -0.39 is 5.97 Å². The predicted octanol–water partition coefficient (Wildman–Crippen LogP) is 5.65. The van der Waals surface area contributed by atoms with Gasteiger partial charge in [-0.1, -0.05) is 67.8 Å². The maximum absolute atomic E-state index is 13.1. The van der Waals surface area contributed by atoms with Crippen molar-refractivity contribution in [3.05, 3.63) is 100 Å². The number of nitrogens with zero attached hydrogens (tertiary/aromatic N) is 2. The summed E-state index contributed by atoms with van der Waals surface area (Å²) in [5, 5.41) is 5.29. The second-order valence-electron chi connectivity index (χ2n) is 8.24. The van der Waals surface area contributed by atoms with Gasteiger partial charge in [0.05, 0.1) is 11.1 Å². The summed E-state index contributed by atoms with van der Waals surface area (Å²) in [6, 6.07) is 23.8. The molecule has 4 aromatic rings. The van der Waals surface area contributed by atoms with Gasteiger partial charge in [-0.3, -0.25) is 4.79 Å². The Kier molecular flexibility index (Phi) is 5.55. The Hall–Kier alpha value is -3.73. The van der Waals surface area contributed by atoms with Crippen LogP contribution in [-0.2, 0) is 0 Å². The Labute approximate surface area is 186 Å². The van der Waals surface area contributed by atoms with Crippen LogP contribution in [0.1, 0.15) is 54.1 Å². The first-order chi connectivity index (χ1) is 15.7. The van der Waals surface area contributed by atoms with E-state index in [2.05, 4.69) is 17.2 Å². The Balaban J connectivity index is 1.48. The summed E-state index contributed by atoms with van der Waals surface area (Å²) >= 11 is 0. The summed E-state index contributed by atoms with van der Waals surface area (Å²) in [6.07, 6.45) is 6.30. The molecule has 1 heterocycles. The molecule has 0 spiro atoms. The number of fused-ring (bicyclic) bond motifs is 1. The van der Waals surface area contributed by atoms with E-state index in [-0.39, 0.29) is 11.3 Å². The van der Waals surface area contributed by atoms with Crippen LogP contribution in [0.15, 0.2) is 83.7 Å². The maximum atomic E-state index is 13.1. The molecule has 1 saturated carbocycles. The van der Waals surface area contributed by atoms with Crippen molar-refractivity contribution in [2.45, 2.75) is 38.0 Å². The van der Waals surface area contributed by atoms with Crippen LogP contribution >= 0.6 is 0 Å². The van der Waals surface area contributed by atoms with Crippen LogP contribution in [0.3, 0.4) is 0 Å². The third-order valence-corrected chi connectivity index (χ3v) is 6.17. The van der Waals surface area contributed by atoms with Crippen LogP contribution in [-0.4, -0.2) is 15.7 Å². The average Bonchev–Trinajstić information content (AvgIpc) is 2.86. The van der Waals surface area contributed by atoms with Crippen molar-refractivity contribution in [2.75, 3.05) is 0 Å². The standard InChI is InChI=1S/C27H24N2O3/c30-26-24-14-8-7-13-23(24)25(28-29(26)21-11-5-2-6-12-21)27(31)32-22-17-15-20(16-18-22)19-9-3-1-4-10-19/h2,5-8,11-19H,1,3-4,9-10H2. The van der Waals surface area contributed by atoms with Crippen LogP contribution in [0.2, 0.25) is 0 Å². The van der Waals surface area contributed by atoms with Gasteiger partial charge in [-0.2, -0.15) is 9.78 Å². The zero-order chi connectivity index (χ0) is 21.9. The molecule has 0 radical (unpaired) electrons. The smallest absolute Gasteiger partial charge is 0.364 e. The summed E-state index contributed by atoms with van der Waals surface area (Å²) in [6.45, 7) is 0. The maximum Gasteiger partial charge on any atom is 0.364 e. The molecule has 5 heteroatoms. The van der Waals surface area contributed by atoms with Gasteiger partial charge in [0.15, 0.2) is 5.69 Å². The second kappa shape index (κ2) is 8.79. The highest BCUT2D eigenvalue weighted by molar-refractivity contribution is 6.03. The number of para-hydroxylation sites is 1. The topological polar surface area (TPSA) is 61.2 Å². The number of carbonyl (C=O) groups is 1. The molecule has 0 unspecified atom stereocenters. The fraction of sp³-hybridized carbons (Fsp3) is 0.222. The van der Waals surface area contributed by atoms with E-state index in [1.807, 2.05) is 30.3 Å². The summed E-state index contributed by atoms with van der Waals surface area (Å²) in [4.78, 5) is 26.1. The largest absolute Gasteiger partial charge is 0.422 e. The molecule has 1 aliphatic rings. The molecular weight excluding hydrogens is 400 g/mol. The van der Waals surface area contributed by atoms with Gasteiger partial charge in [0, 0.05) is 5.39 Å². The average molecular weight is 425 g/mol. The fourth-order valence-electron chi connectivity index (χ4n) is 4.48. The third kappa shape index (κ3) is 3.94. The van der Waals surface area contributed by atoms with Crippen LogP contribution in [0, 0.1) is 0 Å². The van der Waals surface area contributed by atoms with Crippen molar-refractivity contribution in [1.29, 1.82) is 0 Å². The number of esters is 1. The second-order valence-corrected chi connectivity index (χ2v) is 8.24. The van der Waals surface area contributed by atoms with E-state index in [1.165, 1.54) is 42.3 Å². The molecule has 1 fully saturated rings. The minimum absolute atomic E-state index is 0.111. The molecule has 0 aliphatic heterocycles. The van der Waals surface area contributed by atoms with Gasteiger partial charge in [0.1, 0.15) is 5.75 Å². The van der Waals surface area contributed by atoms with Crippen molar-refractivity contribution >= 4 is 16.7 Å². The lowest BCUT2D eigenvalue weighted by Crippen LogP contribution is -2.25. The quantitative estimate of drug-likeness (QED) is 0.314. The number of carbonyl (C=O) groups excluding carboxylic acids is 1. The first-order valence-electron chi connectivity index (χ1n) is 11.1. The number of benzene rings is 3. The lowest BCUT2D eigenvalue weighted by Gasteiger charge is -2.22. The number of hydrogen-bond donors (Lipinski definition) is 0. The molecule has 1 aliphatic carbocycles. The first-order valence-corrected chi connectivity index (χ1v) is 11.1. The van der Waals surface area contributed by atoms with Gasteiger partial charge in [0.2, 0.25) is 0 Å². The van der Waals surface area contributed by atoms with E-state index in [9.17, 15) is 9.59 Å². The molecule has 0 atom stereocenters. The normalized spacial score (nSPS) is 14.4. The Bertz CT molecular complexity index is 1300. The lowest BCUT2D eigenvalue weighted by atomic mass is 9.84. The molecular formula is C27H24N2O3. The van der Waals surface area contributed by atoms with Gasteiger partial charge in [-0.25, -0.2) is 4.79 Å². The molecule has 5 nitrogen and oxygen atoms in total. The number of aromatic nitrogens is 2. The van der Waals surface area contributed by atoms with Gasteiger partial charge in [-0.05, 0) is 54.7 Å². The molecule has 32 heavy (non-hydrogen) atoms. The number of rotatable bonds is 4. The highest BCUT2D eigenvalue weighted by Crippen LogP contribution is 2.33. The SMILES string of the molecule is O=C(Oc1ccc(C2CCCCC2)cc1)c1nn(-c2ccccc2)c(=O)c2ccccc12. The lowest BCUT2D eigenvalue weighted by molar-refractivity contribution is 0.0729. The van der Waals surface area contributed by atoms with Gasteiger partial charge in [0.25, 0.3) is 5.56 Å². The predicted molar refractivity (Wildman–Crippen MR) is 125 cm³/mol. The molecule has 0 amide bonds. The third-order valence-electron chi connectivity index (χ3n) is 6.17. The summed E-state index contributed by atoms with van der Waals surface area (Å²) < 4.78 is 6.92. The Morgan fingerprint density at radius 2 is 1.47 bits per heavy atom. The van der Waals surface area contributed by atoms with Crippen molar-refractivity contribution in [2.24, 2.45) is 0 Å². The van der Waals surface area contributed by atoms with Crippen LogP contribution in [0.25, 0.3) is 16.5 Å². The molecule has 5 rings (SSSR count). The minimum Gasteiger partial charge on any atom is -0.422 e. The Morgan fingerprint density at radius 1 is 0.812 bits per heavy atom. The van der Waals surface area contributed by atoms with Gasteiger partial charge in [-0.15, -0.1) is 0 Å². The number of hydrogen-bond acceptors (Lipinski definition) is 4. The summed E-state index contributed by atoms with van der Waals surface area (Å²) in [5.74, 6) is 0.475. The monoisotopic (exact) mass is 424 g/mol. The van der Waals surface area contributed by atoms with Crippen molar-refractivity contribution in [3.63, 3.8) is 0 Å². The van der Waals surface area contributed by atoms with Crippen LogP contribution in [0.5, 0.6) is 5.75 Å². The molecule has 0 bridgehead atoms. The Morgan fingerprint density at radius 3 is 2.19 bits per heavy atom. The van der Waals surface area contributed by atoms with Crippen molar-refractivity contribution in [1.82, 2.24) is 9.78 Å². The van der Waals surface area contributed by atoms with Crippen LogP contribution < -0.4 is 10.3 Å². The highest BCUT2D eigenvalue weighted by atomic mass is 16.5. The van der Waals surface area contributed by atoms with Gasteiger partial charge < -0.3 is 4.74 Å². The molecule has 3 aromatic carbocycles. The first kappa shape index (κ1) is 20.2. The fourth-order valence-corrected chi connectivity index (χ4v) is 4.48. The van der Waals surface area contributed by atoms with E-state index in [0.29, 0.717) is 28.1 Å².